The molecule has 0 saturated carbocycles. The van der Waals surface area contributed by atoms with E-state index >= 15 is 0 Å². The molecule has 0 saturated heterocycles. The first-order valence-corrected chi connectivity index (χ1v) is 4.06. The topological polar surface area (TPSA) is 29.5 Å². The predicted molar refractivity (Wildman–Crippen MR) is 51.6 cm³/mol. The number of aliphatic hydroxyl groups is 1. The van der Waals surface area contributed by atoms with Crippen LogP contribution in [0.15, 0.2) is 24.3 Å². The molecule has 0 aliphatic rings. The molecule has 0 radical (unpaired) electrons. The minimum atomic E-state index is -0.581. The summed E-state index contributed by atoms with van der Waals surface area (Å²) in [5.74, 6) is 6.31. The highest BCUT2D eigenvalue weighted by molar-refractivity contribution is 5.38. The number of ether oxygens (including phenoxy) is 1. The number of methoxy groups -OCH3 is 1. The molecule has 0 aliphatic carbocycles. The Morgan fingerprint density at radius 3 is 2.38 bits per heavy atom. The van der Waals surface area contributed by atoms with Gasteiger partial charge in [0.15, 0.2) is 0 Å². The van der Waals surface area contributed by atoms with Crippen LogP contribution in [0.25, 0.3) is 0 Å². The third-order valence-electron chi connectivity index (χ3n) is 1.52. The summed E-state index contributed by atoms with van der Waals surface area (Å²) in [7, 11) is 1.62. The summed E-state index contributed by atoms with van der Waals surface area (Å²) in [6.07, 6.45) is -0.581. The van der Waals surface area contributed by atoms with Gasteiger partial charge in [-0.3, -0.25) is 0 Å². The summed E-state index contributed by atoms with van der Waals surface area (Å²) in [4.78, 5) is 0. The highest BCUT2D eigenvalue weighted by Crippen LogP contribution is 2.09. The molecule has 2 heteroatoms. The molecule has 1 atom stereocenters. The van der Waals surface area contributed by atoms with Crippen LogP contribution in [-0.4, -0.2) is 18.3 Å². The van der Waals surface area contributed by atoms with Crippen molar-refractivity contribution >= 4 is 0 Å². The van der Waals surface area contributed by atoms with Crippen LogP contribution in [0.5, 0.6) is 5.75 Å². The molecular formula is C11H12O2. The van der Waals surface area contributed by atoms with Crippen molar-refractivity contribution in [3.05, 3.63) is 29.8 Å². The maximum atomic E-state index is 8.92. The van der Waals surface area contributed by atoms with Gasteiger partial charge in [0.05, 0.1) is 7.11 Å². The summed E-state index contributed by atoms with van der Waals surface area (Å²) >= 11 is 0. The summed E-state index contributed by atoms with van der Waals surface area (Å²) < 4.78 is 5.00. The monoisotopic (exact) mass is 176 g/mol. The molecule has 0 bridgehead atoms. The lowest BCUT2D eigenvalue weighted by Crippen LogP contribution is -1.92. The minimum absolute atomic E-state index is 0.581. The summed E-state index contributed by atoms with van der Waals surface area (Å²) in [5.41, 5.74) is 0.877. The second-order valence-corrected chi connectivity index (χ2v) is 2.67. The fourth-order valence-electron chi connectivity index (χ4n) is 0.862. The lowest BCUT2D eigenvalue weighted by molar-refractivity contribution is 0.253. The van der Waals surface area contributed by atoms with Crippen LogP contribution in [0.2, 0.25) is 0 Å². The molecule has 68 valence electrons. The third kappa shape index (κ3) is 3.18. The van der Waals surface area contributed by atoms with E-state index in [4.69, 9.17) is 9.84 Å². The number of hydrogen-bond donors (Lipinski definition) is 1. The maximum absolute atomic E-state index is 8.92. The van der Waals surface area contributed by atoms with Crippen molar-refractivity contribution in [2.45, 2.75) is 13.0 Å². The van der Waals surface area contributed by atoms with Crippen LogP contribution >= 0.6 is 0 Å². The normalized spacial score (nSPS) is 11.3. The van der Waals surface area contributed by atoms with Crippen LogP contribution < -0.4 is 4.74 Å². The lowest BCUT2D eigenvalue weighted by atomic mass is 10.2. The zero-order valence-corrected chi connectivity index (χ0v) is 7.74. The Morgan fingerprint density at radius 2 is 1.92 bits per heavy atom. The molecule has 1 aromatic rings. The highest BCUT2D eigenvalue weighted by Gasteiger charge is 1.90. The molecule has 0 aliphatic heterocycles. The quantitative estimate of drug-likeness (QED) is 0.656. The van der Waals surface area contributed by atoms with Crippen LogP contribution in [-0.2, 0) is 0 Å². The SMILES string of the molecule is COc1ccc(C#C[C@@H](C)O)cc1. The molecule has 1 rings (SSSR count). The molecule has 0 fully saturated rings. The van der Waals surface area contributed by atoms with E-state index in [-0.39, 0.29) is 0 Å². The Labute approximate surface area is 78.2 Å². The molecule has 1 aromatic carbocycles. The van der Waals surface area contributed by atoms with Crippen LogP contribution in [0, 0.1) is 11.8 Å². The van der Waals surface area contributed by atoms with Gasteiger partial charge in [-0.2, -0.15) is 0 Å². The molecule has 13 heavy (non-hydrogen) atoms. The second-order valence-electron chi connectivity index (χ2n) is 2.67. The van der Waals surface area contributed by atoms with Gasteiger partial charge in [-0.1, -0.05) is 11.8 Å². The molecule has 0 spiro atoms. The highest BCUT2D eigenvalue weighted by atomic mass is 16.5. The zero-order valence-electron chi connectivity index (χ0n) is 7.74. The largest absolute Gasteiger partial charge is 0.497 e. The van der Waals surface area contributed by atoms with Crippen molar-refractivity contribution in [2.75, 3.05) is 7.11 Å². The van der Waals surface area contributed by atoms with Gasteiger partial charge >= 0.3 is 0 Å². The predicted octanol–water partition coefficient (Wildman–Crippen LogP) is 1.43. The van der Waals surface area contributed by atoms with Crippen molar-refractivity contribution in [1.29, 1.82) is 0 Å². The smallest absolute Gasteiger partial charge is 0.118 e. The van der Waals surface area contributed by atoms with Gasteiger partial charge in [-0.25, -0.2) is 0 Å². The number of benzene rings is 1. The van der Waals surface area contributed by atoms with Gasteiger partial charge in [0.2, 0.25) is 0 Å². The standard InChI is InChI=1S/C11H12O2/c1-9(12)3-4-10-5-7-11(13-2)8-6-10/h5-9,12H,1-2H3/t9-/m1/s1. The molecule has 0 aromatic heterocycles. The van der Waals surface area contributed by atoms with Crippen molar-refractivity contribution in [3.8, 4) is 17.6 Å². The van der Waals surface area contributed by atoms with Gasteiger partial charge in [0.25, 0.3) is 0 Å². The van der Waals surface area contributed by atoms with E-state index in [1.165, 1.54) is 0 Å². The lowest BCUT2D eigenvalue weighted by Gasteiger charge is -1.97. The van der Waals surface area contributed by atoms with Crippen LogP contribution in [0.4, 0.5) is 0 Å². The van der Waals surface area contributed by atoms with Crippen molar-refractivity contribution < 1.29 is 9.84 Å². The van der Waals surface area contributed by atoms with E-state index in [2.05, 4.69) is 11.8 Å². The van der Waals surface area contributed by atoms with Gasteiger partial charge in [0.1, 0.15) is 11.9 Å². The summed E-state index contributed by atoms with van der Waals surface area (Å²) in [5, 5.41) is 8.92. The first kappa shape index (κ1) is 9.63. The average molecular weight is 176 g/mol. The van der Waals surface area contributed by atoms with Gasteiger partial charge in [0, 0.05) is 5.56 Å². The van der Waals surface area contributed by atoms with E-state index in [1.54, 1.807) is 14.0 Å². The van der Waals surface area contributed by atoms with Gasteiger partial charge < -0.3 is 9.84 Å². The fraction of sp³-hybridized carbons (Fsp3) is 0.273. The van der Waals surface area contributed by atoms with Crippen molar-refractivity contribution in [1.82, 2.24) is 0 Å². The first-order valence-electron chi connectivity index (χ1n) is 4.06. The maximum Gasteiger partial charge on any atom is 0.118 e. The van der Waals surface area contributed by atoms with Gasteiger partial charge in [-0.05, 0) is 31.2 Å². The Balaban J connectivity index is 2.77. The third-order valence-corrected chi connectivity index (χ3v) is 1.52. The Bertz CT molecular complexity index is 314. The molecule has 0 unspecified atom stereocenters. The summed E-state index contributed by atoms with van der Waals surface area (Å²) in [6, 6.07) is 7.39. The van der Waals surface area contributed by atoms with Crippen LogP contribution in [0.3, 0.4) is 0 Å². The Morgan fingerprint density at radius 1 is 1.31 bits per heavy atom. The molecule has 0 heterocycles. The fourth-order valence-corrected chi connectivity index (χ4v) is 0.862. The zero-order chi connectivity index (χ0) is 9.68. The van der Waals surface area contributed by atoms with Crippen LogP contribution in [0.1, 0.15) is 12.5 Å². The Kier molecular flexibility index (Phi) is 3.36. The number of rotatable bonds is 1. The minimum Gasteiger partial charge on any atom is -0.497 e. The Hall–Kier alpha value is -1.46. The number of aliphatic hydroxyl groups excluding tert-OH is 1. The number of hydrogen-bond acceptors (Lipinski definition) is 2. The van der Waals surface area contributed by atoms with Gasteiger partial charge in [-0.15, -0.1) is 0 Å². The first-order chi connectivity index (χ1) is 6.22. The van der Waals surface area contributed by atoms with E-state index in [0.717, 1.165) is 11.3 Å². The van der Waals surface area contributed by atoms with E-state index in [9.17, 15) is 0 Å². The summed E-state index contributed by atoms with van der Waals surface area (Å²) in [6.45, 7) is 1.64. The van der Waals surface area contributed by atoms with Crippen molar-refractivity contribution in [3.63, 3.8) is 0 Å². The molecule has 2 nitrogen and oxygen atoms in total. The second kappa shape index (κ2) is 4.54. The molecule has 0 amide bonds. The average Bonchev–Trinajstić information content (AvgIpc) is 2.15. The van der Waals surface area contributed by atoms with Crippen molar-refractivity contribution in [2.24, 2.45) is 0 Å². The molecule has 1 N–H and O–H groups in total. The van der Waals surface area contributed by atoms with E-state index in [0.29, 0.717) is 0 Å². The molecular weight excluding hydrogens is 164 g/mol. The van der Waals surface area contributed by atoms with E-state index in [1.807, 2.05) is 24.3 Å². The van der Waals surface area contributed by atoms with E-state index < -0.39 is 6.10 Å².